The van der Waals surface area contributed by atoms with Crippen LogP contribution < -0.4 is 15.8 Å². The Morgan fingerprint density at radius 3 is 2.60 bits per heavy atom. The zero-order valence-electron chi connectivity index (χ0n) is 14.9. The van der Waals surface area contributed by atoms with Gasteiger partial charge in [-0.3, -0.25) is 9.89 Å². The van der Waals surface area contributed by atoms with E-state index >= 15 is 0 Å². The van der Waals surface area contributed by atoms with E-state index in [0.29, 0.717) is 12.5 Å². The van der Waals surface area contributed by atoms with E-state index in [1.807, 2.05) is 24.3 Å². The topological polar surface area (TPSA) is 62.9 Å². The van der Waals surface area contributed by atoms with E-state index in [1.165, 1.54) is 5.56 Å². The molecule has 0 fully saturated rings. The van der Waals surface area contributed by atoms with Crippen LogP contribution in [0.4, 0.5) is 5.69 Å². The number of rotatable bonds is 8. The van der Waals surface area contributed by atoms with Crippen LogP contribution in [-0.4, -0.2) is 37.6 Å². The first kappa shape index (κ1) is 21.7. The first-order valence-corrected chi connectivity index (χ1v) is 9.09. The number of nitrogens with zero attached hydrogens (tertiary/aromatic N) is 2. The quantitative estimate of drug-likeness (QED) is 0.342. The molecule has 2 rings (SSSR count). The van der Waals surface area contributed by atoms with Crippen molar-refractivity contribution in [3.63, 3.8) is 0 Å². The van der Waals surface area contributed by atoms with E-state index in [0.717, 1.165) is 24.5 Å². The van der Waals surface area contributed by atoms with Crippen LogP contribution in [0, 0.1) is 0 Å². The van der Waals surface area contributed by atoms with Gasteiger partial charge in [0, 0.05) is 0 Å². The van der Waals surface area contributed by atoms with E-state index in [9.17, 15) is 0 Å². The van der Waals surface area contributed by atoms with Crippen molar-refractivity contribution in [1.29, 1.82) is 0 Å². The molecule has 0 amide bonds. The molecule has 2 aromatic rings. The molecular formula is C18H27IN4OS. The Hall–Kier alpha value is -1.32. The molecule has 138 valence electrons. The van der Waals surface area contributed by atoms with Gasteiger partial charge in [0.15, 0.2) is 5.96 Å². The van der Waals surface area contributed by atoms with Gasteiger partial charge < -0.3 is 15.8 Å². The predicted molar refractivity (Wildman–Crippen MR) is 119 cm³/mol. The monoisotopic (exact) mass is 474 g/mol. The Morgan fingerprint density at radius 2 is 2.00 bits per heavy atom. The van der Waals surface area contributed by atoms with Crippen molar-refractivity contribution in [2.24, 2.45) is 10.7 Å². The maximum absolute atomic E-state index is 6.08. The molecular weight excluding hydrogens is 447 g/mol. The van der Waals surface area contributed by atoms with Gasteiger partial charge in [0.05, 0.1) is 25.4 Å². The molecule has 0 spiro atoms. The zero-order chi connectivity index (χ0) is 17.4. The van der Waals surface area contributed by atoms with Crippen molar-refractivity contribution in [3.8, 4) is 5.75 Å². The fourth-order valence-electron chi connectivity index (χ4n) is 2.67. The van der Waals surface area contributed by atoms with Gasteiger partial charge in [-0.1, -0.05) is 26.0 Å². The summed E-state index contributed by atoms with van der Waals surface area (Å²) in [4.78, 5) is 6.95. The molecule has 0 saturated carbocycles. The third kappa shape index (κ3) is 6.16. The van der Waals surface area contributed by atoms with Gasteiger partial charge in [-0.15, -0.1) is 24.0 Å². The summed E-state index contributed by atoms with van der Waals surface area (Å²) in [5.41, 5.74) is 8.19. The number of guanidine groups is 1. The Balaban J connectivity index is 0.00000312. The first-order chi connectivity index (χ1) is 11.7. The van der Waals surface area contributed by atoms with Gasteiger partial charge >= 0.3 is 0 Å². The lowest BCUT2D eigenvalue weighted by atomic mass is 10.1. The average Bonchev–Trinajstić information content (AvgIpc) is 3.13. The summed E-state index contributed by atoms with van der Waals surface area (Å²) in [7, 11) is 1.64. The molecule has 0 saturated heterocycles. The third-order valence-corrected chi connectivity index (χ3v) is 4.69. The minimum atomic E-state index is 0. The van der Waals surface area contributed by atoms with Crippen LogP contribution >= 0.6 is 35.3 Å². The number of methoxy groups -OCH3 is 1. The second kappa shape index (κ2) is 11.3. The lowest BCUT2D eigenvalue weighted by molar-refractivity contribution is 0.225. The fraction of sp³-hybridized carbons (Fsp3) is 0.389. The Bertz CT molecular complexity index is 644. The van der Waals surface area contributed by atoms with Gasteiger partial charge in [0.25, 0.3) is 0 Å². The number of benzene rings is 1. The fourth-order valence-corrected chi connectivity index (χ4v) is 3.38. The molecule has 1 heterocycles. The summed E-state index contributed by atoms with van der Waals surface area (Å²) >= 11 is 1.71. The Labute approximate surface area is 171 Å². The third-order valence-electron chi connectivity index (χ3n) is 3.99. The lowest BCUT2D eigenvalue weighted by Gasteiger charge is -2.28. The standard InChI is InChI=1S/C18H26N4OS.HI/c1-4-22(5-2)16(14-10-11-24-13-14)12-20-18(19)21-15-8-6-7-9-17(15)23-3;/h6-11,13,16H,4-5,12H2,1-3H3,(H3,19,20,21);1H. The van der Waals surface area contributed by atoms with Crippen molar-refractivity contribution in [3.05, 3.63) is 46.7 Å². The van der Waals surface area contributed by atoms with Crippen LogP contribution in [0.5, 0.6) is 5.75 Å². The predicted octanol–water partition coefficient (Wildman–Crippen LogP) is 4.18. The number of likely N-dealkylation sites (N-methyl/N-ethyl adjacent to an activating group) is 1. The van der Waals surface area contributed by atoms with Crippen LogP contribution in [0.2, 0.25) is 0 Å². The molecule has 0 aliphatic rings. The molecule has 25 heavy (non-hydrogen) atoms. The summed E-state index contributed by atoms with van der Waals surface area (Å²) < 4.78 is 5.32. The maximum atomic E-state index is 6.08. The largest absolute Gasteiger partial charge is 0.495 e. The number of nitrogens with one attached hydrogen (secondary N) is 1. The minimum absolute atomic E-state index is 0. The van der Waals surface area contributed by atoms with E-state index in [4.69, 9.17) is 10.5 Å². The summed E-state index contributed by atoms with van der Waals surface area (Å²) in [5, 5.41) is 7.41. The van der Waals surface area contributed by atoms with Crippen LogP contribution in [0.15, 0.2) is 46.1 Å². The highest BCUT2D eigenvalue weighted by molar-refractivity contribution is 14.0. The van der Waals surface area contributed by atoms with Gasteiger partial charge in [-0.2, -0.15) is 11.3 Å². The maximum Gasteiger partial charge on any atom is 0.193 e. The lowest BCUT2D eigenvalue weighted by Crippen LogP contribution is -2.31. The molecule has 5 nitrogen and oxygen atoms in total. The highest BCUT2D eigenvalue weighted by Gasteiger charge is 2.18. The molecule has 0 aliphatic carbocycles. The molecule has 0 bridgehead atoms. The van der Waals surface area contributed by atoms with Gasteiger partial charge in [0.1, 0.15) is 5.75 Å². The summed E-state index contributed by atoms with van der Waals surface area (Å²) in [6.07, 6.45) is 0. The first-order valence-electron chi connectivity index (χ1n) is 8.15. The highest BCUT2D eigenvalue weighted by Crippen LogP contribution is 2.24. The molecule has 1 unspecified atom stereocenters. The van der Waals surface area contributed by atoms with E-state index in [2.05, 4.69) is 45.9 Å². The smallest absolute Gasteiger partial charge is 0.193 e. The summed E-state index contributed by atoms with van der Waals surface area (Å²) in [6.45, 7) is 6.91. The molecule has 7 heteroatoms. The minimum Gasteiger partial charge on any atom is -0.495 e. The van der Waals surface area contributed by atoms with Crippen LogP contribution in [-0.2, 0) is 0 Å². The second-order valence-electron chi connectivity index (χ2n) is 5.34. The molecule has 1 aromatic carbocycles. The Kier molecular flexibility index (Phi) is 9.84. The van der Waals surface area contributed by atoms with Gasteiger partial charge in [-0.05, 0) is 47.6 Å². The van der Waals surface area contributed by atoms with E-state index < -0.39 is 0 Å². The molecule has 1 aromatic heterocycles. The van der Waals surface area contributed by atoms with Crippen molar-refractivity contribution in [2.75, 3.05) is 32.1 Å². The summed E-state index contributed by atoms with van der Waals surface area (Å²) in [6, 6.07) is 10.1. The summed E-state index contributed by atoms with van der Waals surface area (Å²) in [5.74, 6) is 1.14. The number of halogens is 1. The van der Waals surface area contributed by atoms with Crippen molar-refractivity contribution in [2.45, 2.75) is 19.9 Å². The van der Waals surface area contributed by atoms with Crippen molar-refractivity contribution in [1.82, 2.24) is 4.90 Å². The zero-order valence-corrected chi connectivity index (χ0v) is 18.1. The normalized spacial score (nSPS) is 12.6. The number of para-hydroxylation sites is 2. The molecule has 0 aliphatic heterocycles. The van der Waals surface area contributed by atoms with Gasteiger partial charge in [-0.25, -0.2) is 0 Å². The number of ether oxygens (including phenoxy) is 1. The van der Waals surface area contributed by atoms with Crippen LogP contribution in [0.1, 0.15) is 25.5 Å². The molecule has 0 radical (unpaired) electrons. The molecule has 3 N–H and O–H groups in total. The number of hydrogen-bond donors (Lipinski definition) is 2. The van der Waals surface area contributed by atoms with Gasteiger partial charge in [0.2, 0.25) is 0 Å². The highest BCUT2D eigenvalue weighted by atomic mass is 127. The van der Waals surface area contributed by atoms with Crippen molar-refractivity contribution >= 4 is 47.0 Å². The number of nitrogens with two attached hydrogens (primary N) is 1. The average molecular weight is 474 g/mol. The van der Waals surface area contributed by atoms with E-state index in [-0.39, 0.29) is 30.0 Å². The second-order valence-corrected chi connectivity index (χ2v) is 6.12. The molecule has 1 atom stereocenters. The SMILES string of the molecule is CCN(CC)C(CN=C(N)Nc1ccccc1OC)c1ccsc1.I. The number of thiophene rings is 1. The number of hydrogen-bond acceptors (Lipinski definition) is 4. The van der Waals surface area contributed by atoms with E-state index in [1.54, 1.807) is 18.4 Å². The van der Waals surface area contributed by atoms with Crippen LogP contribution in [0.3, 0.4) is 0 Å². The number of anilines is 1. The Morgan fingerprint density at radius 1 is 1.28 bits per heavy atom. The number of aliphatic imine (C=N–C) groups is 1. The van der Waals surface area contributed by atoms with Crippen molar-refractivity contribution < 1.29 is 4.74 Å². The van der Waals surface area contributed by atoms with Crippen LogP contribution in [0.25, 0.3) is 0 Å².